The van der Waals surface area contributed by atoms with E-state index in [1.807, 2.05) is 43.3 Å². The number of alkyl halides is 5. The molecule has 3 aromatic carbocycles. The number of hydrogen-bond acceptors (Lipinski definition) is 2. The number of ether oxygens (including phenoxy) is 2. The van der Waals surface area contributed by atoms with Crippen LogP contribution in [0.4, 0.5) is 30.7 Å². The molecule has 0 aliphatic heterocycles. The molecule has 0 heterocycles. The van der Waals surface area contributed by atoms with Gasteiger partial charge in [0.15, 0.2) is 11.6 Å². The van der Waals surface area contributed by atoms with Crippen molar-refractivity contribution in [3.63, 3.8) is 0 Å². The summed E-state index contributed by atoms with van der Waals surface area (Å²) in [6, 6.07) is 15.4. The second-order valence-electron chi connectivity index (χ2n) is 11.6. The van der Waals surface area contributed by atoms with E-state index in [1.165, 1.54) is 0 Å². The van der Waals surface area contributed by atoms with Gasteiger partial charge in [0.2, 0.25) is 0 Å². The molecule has 9 heteroatoms. The predicted octanol–water partition coefficient (Wildman–Crippen LogP) is 10.6. The van der Waals surface area contributed by atoms with Crippen molar-refractivity contribution >= 4 is 0 Å². The summed E-state index contributed by atoms with van der Waals surface area (Å²) in [5.41, 5.74) is 3.70. The van der Waals surface area contributed by atoms with E-state index in [0.717, 1.165) is 54.0 Å². The predicted molar refractivity (Wildman–Crippen MR) is 145 cm³/mol. The lowest BCUT2D eigenvalue weighted by Crippen LogP contribution is -2.38. The van der Waals surface area contributed by atoms with Crippen LogP contribution in [0.1, 0.15) is 68.4 Å². The van der Waals surface area contributed by atoms with Crippen molar-refractivity contribution in [3.05, 3.63) is 83.4 Å². The van der Waals surface area contributed by atoms with Gasteiger partial charge >= 0.3 is 12.5 Å². The molecule has 2 fully saturated rings. The number of hydrogen-bond donors (Lipinski definition) is 0. The van der Waals surface area contributed by atoms with Crippen LogP contribution in [-0.2, 0) is 0 Å². The molecule has 5 rings (SSSR count). The third kappa shape index (κ3) is 7.21. The number of aryl methyl sites for hydroxylation is 1. The zero-order valence-corrected chi connectivity index (χ0v) is 23.2. The minimum Gasteiger partial charge on any atom is -0.432 e. The molecule has 226 valence electrons. The zero-order chi connectivity index (χ0) is 30.1. The summed E-state index contributed by atoms with van der Waals surface area (Å²) in [5.74, 6) is -3.58. The van der Waals surface area contributed by atoms with Gasteiger partial charge in [0.05, 0.1) is 5.92 Å². The molecular weight excluding hydrogens is 561 g/mol. The van der Waals surface area contributed by atoms with Crippen molar-refractivity contribution in [2.24, 2.45) is 17.8 Å². The van der Waals surface area contributed by atoms with E-state index in [0.29, 0.717) is 36.8 Å². The average molecular weight is 595 g/mol. The lowest BCUT2D eigenvalue weighted by Gasteiger charge is -2.39. The maximum Gasteiger partial charge on any atom is 0.573 e. The molecular formula is C33H33F7O2. The summed E-state index contributed by atoms with van der Waals surface area (Å²) >= 11 is 0. The Morgan fingerprint density at radius 2 is 1.21 bits per heavy atom. The average Bonchev–Trinajstić information content (AvgIpc) is 2.94. The standard InChI is InChI=1S/C33H33F7O2/c1-20-2-4-23(5-3-20)25-12-16-28(29(34)18-25)24-8-6-21(7-9-24)22-10-13-26(14-11-22)32(36,37)41-27-15-17-31(30(35)19-27)42-33(38,39)40/h2-5,12,15-19,21-22,24,26H,6-11,13-14H2,1H3. The monoisotopic (exact) mass is 594 g/mol. The van der Waals surface area contributed by atoms with Crippen molar-refractivity contribution in [2.45, 2.75) is 76.7 Å². The largest absolute Gasteiger partial charge is 0.573 e. The van der Waals surface area contributed by atoms with E-state index in [-0.39, 0.29) is 24.6 Å². The van der Waals surface area contributed by atoms with Gasteiger partial charge in [0.25, 0.3) is 0 Å². The quantitative estimate of drug-likeness (QED) is 0.253. The minimum atomic E-state index is -5.10. The molecule has 2 aliphatic carbocycles. The Hall–Kier alpha value is -3.23. The summed E-state index contributed by atoms with van der Waals surface area (Å²) < 4.78 is 104. The van der Waals surface area contributed by atoms with Gasteiger partial charge in [-0.3, -0.25) is 0 Å². The van der Waals surface area contributed by atoms with Crippen LogP contribution < -0.4 is 9.47 Å². The molecule has 0 bridgehead atoms. The molecule has 0 unspecified atom stereocenters. The smallest absolute Gasteiger partial charge is 0.432 e. The molecule has 0 spiro atoms. The maximum absolute atomic E-state index is 15.1. The fraction of sp³-hybridized carbons (Fsp3) is 0.455. The topological polar surface area (TPSA) is 18.5 Å². The van der Waals surface area contributed by atoms with Gasteiger partial charge in [0.1, 0.15) is 11.6 Å². The Balaban J connectivity index is 1.12. The summed E-state index contributed by atoms with van der Waals surface area (Å²) in [4.78, 5) is 0. The third-order valence-corrected chi connectivity index (χ3v) is 8.89. The number of halogens is 7. The van der Waals surface area contributed by atoms with Crippen molar-refractivity contribution in [1.82, 2.24) is 0 Å². The summed E-state index contributed by atoms with van der Waals surface area (Å²) in [5, 5.41) is 0. The molecule has 0 atom stereocenters. The van der Waals surface area contributed by atoms with E-state index >= 15 is 4.39 Å². The van der Waals surface area contributed by atoms with Gasteiger partial charge < -0.3 is 9.47 Å². The first-order chi connectivity index (χ1) is 19.9. The third-order valence-electron chi connectivity index (χ3n) is 8.89. The Bertz CT molecular complexity index is 1350. The number of rotatable bonds is 7. The van der Waals surface area contributed by atoms with Crippen molar-refractivity contribution in [1.29, 1.82) is 0 Å². The van der Waals surface area contributed by atoms with Gasteiger partial charge in [-0.15, -0.1) is 13.2 Å². The highest BCUT2D eigenvalue weighted by molar-refractivity contribution is 5.64. The normalized spacial score (nSPS) is 23.4. The lowest BCUT2D eigenvalue weighted by molar-refractivity contribution is -0.275. The van der Waals surface area contributed by atoms with Gasteiger partial charge in [0, 0.05) is 6.07 Å². The second-order valence-corrected chi connectivity index (χ2v) is 11.6. The van der Waals surface area contributed by atoms with Gasteiger partial charge in [-0.1, -0.05) is 42.0 Å². The van der Waals surface area contributed by atoms with Crippen LogP contribution in [0.2, 0.25) is 0 Å². The van der Waals surface area contributed by atoms with Crippen LogP contribution in [0.3, 0.4) is 0 Å². The Morgan fingerprint density at radius 3 is 1.79 bits per heavy atom. The fourth-order valence-electron chi connectivity index (χ4n) is 6.61. The molecule has 0 N–H and O–H groups in total. The Kier molecular flexibility index (Phi) is 8.76. The summed E-state index contributed by atoms with van der Waals surface area (Å²) in [6.07, 6.45) is -3.51. The second kappa shape index (κ2) is 12.2. The van der Waals surface area contributed by atoms with Crippen molar-refractivity contribution < 1.29 is 40.2 Å². The van der Waals surface area contributed by atoms with E-state index in [9.17, 15) is 26.3 Å². The fourth-order valence-corrected chi connectivity index (χ4v) is 6.61. The van der Waals surface area contributed by atoms with Crippen LogP contribution in [0.5, 0.6) is 11.5 Å². The molecule has 2 saturated carbocycles. The number of benzene rings is 3. The van der Waals surface area contributed by atoms with E-state index in [2.05, 4.69) is 4.74 Å². The molecule has 3 aromatic rings. The first-order valence-electron chi connectivity index (χ1n) is 14.4. The van der Waals surface area contributed by atoms with Gasteiger partial charge in [-0.2, -0.15) is 8.78 Å². The molecule has 0 radical (unpaired) electrons. The Morgan fingerprint density at radius 1 is 0.619 bits per heavy atom. The highest BCUT2D eigenvalue weighted by atomic mass is 19.4. The Labute approximate surface area is 240 Å². The van der Waals surface area contributed by atoms with Crippen LogP contribution in [0.15, 0.2) is 60.7 Å². The first-order valence-corrected chi connectivity index (χ1v) is 14.4. The van der Waals surface area contributed by atoms with Crippen LogP contribution in [0, 0.1) is 36.3 Å². The van der Waals surface area contributed by atoms with E-state index < -0.39 is 35.7 Å². The van der Waals surface area contributed by atoms with E-state index in [1.54, 1.807) is 6.07 Å². The SMILES string of the molecule is Cc1ccc(-c2ccc(C3CCC(C4CCC(C(F)(F)Oc5ccc(OC(F)(F)F)c(F)c5)CC4)CC3)c(F)c2)cc1. The summed E-state index contributed by atoms with van der Waals surface area (Å²) in [6.45, 7) is 2.01. The molecule has 42 heavy (non-hydrogen) atoms. The highest BCUT2D eigenvalue weighted by Gasteiger charge is 2.45. The molecule has 2 aliphatic rings. The van der Waals surface area contributed by atoms with Crippen LogP contribution >= 0.6 is 0 Å². The molecule has 0 saturated heterocycles. The zero-order valence-electron chi connectivity index (χ0n) is 23.2. The van der Waals surface area contributed by atoms with E-state index in [4.69, 9.17) is 4.74 Å². The van der Waals surface area contributed by atoms with Crippen LogP contribution in [-0.4, -0.2) is 12.5 Å². The summed E-state index contributed by atoms with van der Waals surface area (Å²) in [7, 11) is 0. The first kappa shape index (κ1) is 30.2. The minimum absolute atomic E-state index is 0.135. The van der Waals surface area contributed by atoms with Gasteiger partial charge in [-0.05, 0) is 111 Å². The maximum atomic E-state index is 15.1. The highest BCUT2D eigenvalue weighted by Crippen LogP contribution is 2.47. The molecule has 2 nitrogen and oxygen atoms in total. The molecule has 0 amide bonds. The van der Waals surface area contributed by atoms with Crippen LogP contribution in [0.25, 0.3) is 11.1 Å². The van der Waals surface area contributed by atoms with Gasteiger partial charge in [-0.25, -0.2) is 8.78 Å². The van der Waals surface area contributed by atoms with Crippen molar-refractivity contribution in [3.8, 4) is 22.6 Å². The molecule has 0 aromatic heterocycles. The lowest BCUT2D eigenvalue weighted by atomic mass is 9.68. The van der Waals surface area contributed by atoms with Crippen molar-refractivity contribution in [2.75, 3.05) is 0 Å².